The van der Waals surface area contributed by atoms with E-state index in [1.165, 1.54) is 12.1 Å². The maximum atomic E-state index is 14.0. The van der Waals surface area contributed by atoms with Crippen molar-refractivity contribution < 1.29 is 29.1 Å². The fourth-order valence-electron chi connectivity index (χ4n) is 5.79. The third-order valence-corrected chi connectivity index (χ3v) is 8.49. The van der Waals surface area contributed by atoms with Gasteiger partial charge in [0.05, 0.1) is 6.54 Å². The number of phenolic OH excluding ortho intramolecular Hbond substituents is 1. The Morgan fingerprint density at radius 1 is 0.604 bits per heavy atom. The minimum atomic E-state index is -1.23. The summed E-state index contributed by atoms with van der Waals surface area (Å²) in [6.45, 7) is -0.177. The summed E-state index contributed by atoms with van der Waals surface area (Å²) in [5.74, 6) is -3.66. The van der Waals surface area contributed by atoms with Crippen LogP contribution in [-0.4, -0.2) is 90.4 Å². The molecule has 4 rings (SSSR count). The van der Waals surface area contributed by atoms with Crippen LogP contribution in [0.15, 0.2) is 76.7 Å². The van der Waals surface area contributed by atoms with E-state index in [1.54, 1.807) is 12.1 Å². The van der Waals surface area contributed by atoms with Crippen molar-refractivity contribution in [3.05, 3.63) is 77.9 Å². The van der Waals surface area contributed by atoms with Crippen molar-refractivity contribution in [3.63, 3.8) is 0 Å². The van der Waals surface area contributed by atoms with E-state index in [9.17, 15) is 29.1 Å². The molecule has 4 atom stereocenters. The van der Waals surface area contributed by atoms with E-state index >= 15 is 0 Å². The van der Waals surface area contributed by atoms with Gasteiger partial charge in [0.1, 0.15) is 29.9 Å². The summed E-state index contributed by atoms with van der Waals surface area (Å²) in [6.07, 6.45) is 0.777. The summed E-state index contributed by atoms with van der Waals surface area (Å²) in [7, 11) is 0. The molecule has 1 aliphatic heterocycles. The van der Waals surface area contributed by atoms with Gasteiger partial charge in [0.2, 0.25) is 29.5 Å². The number of aromatic hydroxyl groups is 1. The van der Waals surface area contributed by atoms with E-state index in [0.29, 0.717) is 12.0 Å². The monoisotopic (exact) mass is 729 g/mol. The van der Waals surface area contributed by atoms with Gasteiger partial charge in [0.25, 0.3) is 0 Å². The lowest BCUT2D eigenvalue weighted by atomic mass is 9.99. The zero-order valence-corrected chi connectivity index (χ0v) is 29.2. The fraction of sp³-hybridized carbons (Fsp3) is 0.361. The number of hydrogen-bond donors (Lipinski definition) is 10. The highest BCUT2D eigenvalue weighted by molar-refractivity contribution is 5.97. The molecule has 0 bridgehead atoms. The molecule has 1 heterocycles. The zero-order chi connectivity index (χ0) is 38.3. The normalized spacial score (nSPS) is 20.0. The van der Waals surface area contributed by atoms with Gasteiger partial charge in [-0.2, -0.15) is 0 Å². The van der Waals surface area contributed by atoms with Gasteiger partial charge >= 0.3 is 0 Å². The van der Waals surface area contributed by atoms with E-state index in [2.05, 4.69) is 36.6 Å². The number of nitrogens with one attached hydrogen (secondary N) is 5. The van der Waals surface area contributed by atoms with Crippen molar-refractivity contribution in [1.82, 2.24) is 26.6 Å². The molecule has 17 heteroatoms. The van der Waals surface area contributed by atoms with Gasteiger partial charge in [0, 0.05) is 25.9 Å². The Labute approximate surface area is 306 Å². The standard InChI is InChI=1S/C36H47N11O6/c37-35(38)41-15-3-7-26-32(51)45-27(8-4-16-42-36(39)40)33(52)47-29(18-21-10-13-25(48)14-11-21)34(53)46-28(31(50)43-20-30(49)44-26)19-22-9-12-23-5-1-2-6-24(23)17-22/h1-2,5-6,9-14,17,26-29,48H,3-4,7-8,15-16,18-20H2,(H,43,50)(H,44,49)(H,45,51)(H,46,53)(H,47,52)(H4,37,38,41)(H4,39,40,42)/t26-,27-,28-,29+/m1/s1. The summed E-state index contributed by atoms with van der Waals surface area (Å²) >= 11 is 0. The molecule has 0 unspecified atom stereocenters. The number of amides is 5. The van der Waals surface area contributed by atoms with Crippen LogP contribution in [0.25, 0.3) is 10.8 Å². The van der Waals surface area contributed by atoms with Crippen molar-refractivity contribution in [3.8, 4) is 5.75 Å². The molecular weight excluding hydrogens is 682 g/mol. The Kier molecular flexibility index (Phi) is 14.3. The number of fused-ring (bicyclic) bond motifs is 1. The Hall–Kier alpha value is -6.39. The van der Waals surface area contributed by atoms with Crippen molar-refractivity contribution in [2.24, 2.45) is 32.9 Å². The second-order valence-corrected chi connectivity index (χ2v) is 12.7. The molecule has 0 aromatic heterocycles. The van der Waals surface area contributed by atoms with Crippen LogP contribution in [0.5, 0.6) is 5.75 Å². The van der Waals surface area contributed by atoms with Crippen LogP contribution in [-0.2, 0) is 36.8 Å². The maximum Gasteiger partial charge on any atom is 0.243 e. The number of nitrogens with two attached hydrogens (primary N) is 4. The van der Waals surface area contributed by atoms with Gasteiger partial charge < -0.3 is 54.6 Å². The Morgan fingerprint density at radius 2 is 1.09 bits per heavy atom. The molecule has 0 spiro atoms. The average molecular weight is 730 g/mol. The number of phenols is 1. The third kappa shape index (κ3) is 12.7. The second-order valence-electron chi connectivity index (χ2n) is 12.7. The largest absolute Gasteiger partial charge is 0.508 e. The molecule has 0 radical (unpaired) electrons. The maximum absolute atomic E-state index is 14.0. The SMILES string of the molecule is NC(N)=NCCC[C@H]1NC(=O)CNC(=O)[C@@H](Cc2ccc3ccccc3c2)NC(=O)[C@H](Cc2ccc(O)cc2)NC(=O)[C@@H](CCCN=C(N)N)NC1=O. The average Bonchev–Trinajstić information content (AvgIpc) is 3.12. The van der Waals surface area contributed by atoms with Crippen molar-refractivity contribution in [1.29, 1.82) is 0 Å². The Morgan fingerprint density at radius 3 is 1.70 bits per heavy atom. The predicted octanol–water partition coefficient (Wildman–Crippen LogP) is -1.49. The number of guanidine groups is 2. The highest BCUT2D eigenvalue weighted by Crippen LogP contribution is 2.18. The number of aliphatic imine (C=N–C) groups is 2. The number of hydrogen-bond acceptors (Lipinski definition) is 8. The predicted molar refractivity (Wildman–Crippen MR) is 200 cm³/mol. The quantitative estimate of drug-likeness (QED) is 0.0585. The number of benzene rings is 3. The van der Waals surface area contributed by atoms with Crippen LogP contribution in [0.2, 0.25) is 0 Å². The molecule has 17 nitrogen and oxygen atoms in total. The molecule has 5 amide bonds. The van der Waals surface area contributed by atoms with E-state index in [-0.39, 0.29) is 62.9 Å². The van der Waals surface area contributed by atoms with Crippen LogP contribution in [0.3, 0.4) is 0 Å². The van der Waals surface area contributed by atoms with E-state index in [4.69, 9.17) is 22.9 Å². The van der Waals surface area contributed by atoms with Crippen LogP contribution in [0, 0.1) is 0 Å². The fourth-order valence-corrected chi connectivity index (χ4v) is 5.79. The smallest absolute Gasteiger partial charge is 0.243 e. The first-order valence-corrected chi connectivity index (χ1v) is 17.2. The van der Waals surface area contributed by atoms with Gasteiger partial charge in [-0.3, -0.25) is 34.0 Å². The Balaban J connectivity index is 1.69. The highest BCUT2D eigenvalue weighted by atomic mass is 16.3. The van der Waals surface area contributed by atoms with Crippen molar-refractivity contribution in [2.75, 3.05) is 19.6 Å². The van der Waals surface area contributed by atoms with Gasteiger partial charge in [0.15, 0.2) is 11.9 Å². The summed E-state index contributed by atoms with van der Waals surface area (Å²) in [6, 6.07) is 14.7. The minimum absolute atomic E-state index is 0.0102. The van der Waals surface area contributed by atoms with Crippen molar-refractivity contribution >= 4 is 52.2 Å². The number of rotatable bonds is 12. The van der Waals surface area contributed by atoms with Crippen LogP contribution in [0.1, 0.15) is 36.8 Å². The first-order chi connectivity index (χ1) is 25.4. The minimum Gasteiger partial charge on any atom is -0.508 e. The van der Waals surface area contributed by atoms with Gasteiger partial charge in [-0.25, -0.2) is 0 Å². The lowest BCUT2D eigenvalue weighted by molar-refractivity contribution is -0.134. The first-order valence-electron chi connectivity index (χ1n) is 17.2. The molecule has 53 heavy (non-hydrogen) atoms. The van der Waals surface area contributed by atoms with Gasteiger partial charge in [-0.15, -0.1) is 0 Å². The molecule has 1 aliphatic rings. The molecule has 1 saturated heterocycles. The number of carbonyl (C=O) groups is 5. The van der Waals surface area contributed by atoms with Gasteiger partial charge in [-0.05, 0) is 59.7 Å². The Bertz CT molecular complexity index is 1820. The molecule has 14 N–H and O–H groups in total. The van der Waals surface area contributed by atoms with E-state index in [0.717, 1.165) is 16.3 Å². The molecule has 0 saturated carbocycles. The molecule has 3 aromatic rings. The number of carbonyl (C=O) groups excluding carboxylic acids is 5. The summed E-state index contributed by atoms with van der Waals surface area (Å²) in [4.78, 5) is 76.3. The highest BCUT2D eigenvalue weighted by Gasteiger charge is 2.32. The molecule has 282 valence electrons. The summed E-state index contributed by atoms with van der Waals surface area (Å²) < 4.78 is 0. The zero-order valence-electron chi connectivity index (χ0n) is 29.2. The first kappa shape index (κ1) is 39.4. The number of nitrogens with zero attached hydrogens (tertiary/aromatic N) is 2. The molecule has 0 aliphatic carbocycles. The van der Waals surface area contributed by atoms with Gasteiger partial charge in [-0.1, -0.05) is 54.6 Å². The van der Waals surface area contributed by atoms with Crippen LogP contribution in [0.4, 0.5) is 0 Å². The summed E-state index contributed by atoms with van der Waals surface area (Å²) in [5, 5.41) is 25.2. The van der Waals surface area contributed by atoms with E-state index in [1.807, 2.05) is 42.5 Å². The molecule has 3 aromatic carbocycles. The second kappa shape index (κ2) is 19.3. The lowest BCUT2D eigenvalue weighted by Crippen LogP contribution is -2.58. The summed E-state index contributed by atoms with van der Waals surface area (Å²) in [5.41, 5.74) is 23.1. The molecule has 1 fully saturated rings. The molecular formula is C36H47N11O6. The topological polar surface area (TPSA) is 295 Å². The lowest BCUT2D eigenvalue weighted by Gasteiger charge is -2.26. The van der Waals surface area contributed by atoms with Crippen LogP contribution < -0.4 is 49.5 Å². The van der Waals surface area contributed by atoms with Crippen molar-refractivity contribution in [2.45, 2.75) is 62.7 Å². The van der Waals surface area contributed by atoms with Crippen LogP contribution >= 0.6 is 0 Å². The van der Waals surface area contributed by atoms with E-state index < -0.39 is 60.2 Å². The third-order valence-electron chi connectivity index (χ3n) is 8.49.